The van der Waals surface area contributed by atoms with Crippen molar-refractivity contribution in [2.75, 3.05) is 5.32 Å². The highest BCUT2D eigenvalue weighted by atomic mass is 35.5. The molecule has 2 aromatic rings. The first kappa shape index (κ1) is 14.5. The highest BCUT2D eigenvalue weighted by molar-refractivity contribution is 6.32. The number of benzene rings is 2. The normalized spacial score (nSPS) is 11.4. The zero-order valence-electron chi connectivity index (χ0n) is 10.2. The number of hydrogen-bond donors (Lipinski definition) is 2. The third-order valence-corrected chi connectivity index (χ3v) is 3.06. The van der Waals surface area contributed by atoms with E-state index < -0.39 is 11.7 Å². The fourth-order valence-electron chi connectivity index (χ4n) is 1.77. The van der Waals surface area contributed by atoms with Gasteiger partial charge in [0.1, 0.15) is 5.75 Å². The van der Waals surface area contributed by atoms with Crippen LogP contribution in [0, 0.1) is 0 Å². The van der Waals surface area contributed by atoms with Crippen molar-refractivity contribution in [2.45, 2.75) is 12.7 Å². The molecule has 2 nitrogen and oxygen atoms in total. The molecule has 20 heavy (non-hydrogen) atoms. The standard InChI is InChI=1S/C14H11ClF3NO/c15-12-7-10(5-6-13(12)20)19-8-9-3-1-2-4-11(9)14(16,17)18/h1-7,19-20H,8H2. The molecule has 0 aliphatic heterocycles. The number of phenolic OH excluding ortho intramolecular Hbond substituents is 1. The van der Waals surface area contributed by atoms with Gasteiger partial charge in [0.2, 0.25) is 0 Å². The largest absolute Gasteiger partial charge is 0.506 e. The van der Waals surface area contributed by atoms with Crippen molar-refractivity contribution < 1.29 is 18.3 Å². The number of aromatic hydroxyl groups is 1. The molecule has 0 bridgehead atoms. The van der Waals surface area contributed by atoms with Gasteiger partial charge >= 0.3 is 6.18 Å². The molecule has 0 saturated carbocycles. The van der Waals surface area contributed by atoms with Gasteiger partial charge in [-0.3, -0.25) is 0 Å². The Labute approximate surface area is 118 Å². The number of anilines is 1. The van der Waals surface area contributed by atoms with Crippen LogP contribution in [-0.4, -0.2) is 5.11 Å². The Morgan fingerprint density at radius 3 is 2.45 bits per heavy atom. The van der Waals surface area contributed by atoms with Gasteiger partial charge in [0.05, 0.1) is 10.6 Å². The van der Waals surface area contributed by atoms with Crippen LogP contribution in [0.3, 0.4) is 0 Å². The molecular formula is C14H11ClF3NO. The van der Waals surface area contributed by atoms with E-state index in [0.717, 1.165) is 6.07 Å². The Kier molecular flexibility index (Phi) is 4.09. The predicted molar refractivity (Wildman–Crippen MR) is 71.9 cm³/mol. The van der Waals surface area contributed by atoms with Crippen LogP contribution in [0.25, 0.3) is 0 Å². The van der Waals surface area contributed by atoms with Gasteiger partial charge < -0.3 is 10.4 Å². The SMILES string of the molecule is Oc1ccc(NCc2ccccc2C(F)(F)F)cc1Cl. The minimum atomic E-state index is -4.38. The van der Waals surface area contributed by atoms with Gasteiger partial charge in [0, 0.05) is 12.2 Å². The van der Waals surface area contributed by atoms with Crippen LogP contribution in [0.15, 0.2) is 42.5 Å². The number of rotatable bonds is 3. The van der Waals surface area contributed by atoms with Crippen molar-refractivity contribution in [2.24, 2.45) is 0 Å². The number of nitrogens with one attached hydrogen (secondary N) is 1. The first-order valence-corrected chi connectivity index (χ1v) is 6.13. The molecule has 0 radical (unpaired) electrons. The molecule has 0 aromatic heterocycles. The van der Waals surface area contributed by atoms with Crippen LogP contribution in [0.2, 0.25) is 5.02 Å². The maximum Gasteiger partial charge on any atom is 0.416 e. The van der Waals surface area contributed by atoms with Gasteiger partial charge in [-0.15, -0.1) is 0 Å². The fourth-order valence-corrected chi connectivity index (χ4v) is 1.95. The molecule has 2 N–H and O–H groups in total. The van der Waals surface area contributed by atoms with E-state index in [1.807, 2.05) is 0 Å². The molecule has 6 heteroatoms. The third-order valence-electron chi connectivity index (χ3n) is 2.75. The molecule has 0 atom stereocenters. The van der Waals surface area contributed by atoms with Gasteiger partial charge in [-0.1, -0.05) is 29.8 Å². The van der Waals surface area contributed by atoms with Crippen molar-refractivity contribution in [1.82, 2.24) is 0 Å². The molecule has 0 aliphatic carbocycles. The number of hydrogen-bond acceptors (Lipinski definition) is 2. The summed E-state index contributed by atoms with van der Waals surface area (Å²) in [6, 6.07) is 9.73. The van der Waals surface area contributed by atoms with Crippen molar-refractivity contribution in [3.05, 3.63) is 58.6 Å². The van der Waals surface area contributed by atoms with Gasteiger partial charge in [0.25, 0.3) is 0 Å². The Morgan fingerprint density at radius 2 is 1.80 bits per heavy atom. The molecule has 0 amide bonds. The lowest BCUT2D eigenvalue weighted by Gasteiger charge is -2.14. The first-order chi connectivity index (χ1) is 9.38. The highest BCUT2D eigenvalue weighted by Crippen LogP contribution is 2.32. The van der Waals surface area contributed by atoms with Gasteiger partial charge in [-0.25, -0.2) is 0 Å². The van der Waals surface area contributed by atoms with E-state index in [-0.39, 0.29) is 22.9 Å². The zero-order chi connectivity index (χ0) is 14.8. The van der Waals surface area contributed by atoms with E-state index in [0.29, 0.717) is 5.69 Å². The second-order valence-electron chi connectivity index (χ2n) is 4.17. The molecule has 0 saturated heterocycles. The summed E-state index contributed by atoms with van der Waals surface area (Å²) in [4.78, 5) is 0. The summed E-state index contributed by atoms with van der Waals surface area (Å²) in [6.07, 6.45) is -4.38. The quantitative estimate of drug-likeness (QED) is 0.807. The smallest absolute Gasteiger partial charge is 0.416 e. The van der Waals surface area contributed by atoms with Crippen LogP contribution in [0.4, 0.5) is 18.9 Å². The molecule has 2 aromatic carbocycles. The second kappa shape index (κ2) is 5.63. The second-order valence-corrected chi connectivity index (χ2v) is 4.58. The average Bonchev–Trinajstić information content (AvgIpc) is 2.39. The summed E-state index contributed by atoms with van der Waals surface area (Å²) in [5.74, 6) is -0.0760. The fraction of sp³-hybridized carbons (Fsp3) is 0.143. The molecule has 0 aliphatic rings. The minimum Gasteiger partial charge on any atom is -0.506 e. The average molecular weight is 302 g/mol. The zero-order valence-corrected chi connectivity index (χ0v) is 11.0. The molecule has 0 fully saturated rings. The third kappa shape index (κ3) is 3.36. The van der Waals surface area contributed by atoms with Crippen molar-refractivity contribution in [1.29, 1.82) is 0 Å². The lowest BCUT2D eigenvalue weighted by atomic mass is 10.1. The summed E-state index contributed by atoms with van der Waals surface area (Å²) in [5.41, 5.74) is 0.00588. The summed E-state index contributed by atoms with van der Waals surface area (Å²) in [7, 11) is 0. The van der Waals surface area contributed by atoms with E-state index >= 15 is 0 Å². The molecule has 106 valence electrons. The Bertz CT molecular complexity index is 614. The minimum absolute atomic E-state index is 0.0107. The predicted octanol–water partition coefficient (Wildman–Crippen LogP) is 4.68. The van der Waals surface area contributed by atoms with E-state index in [1.165, 1.54) is 30.3 Å². The summed E-state index contributed by atoms with van der Waals surface area (Å²) in [6.45, 7) is 0.0107. The van der Waals surface area contributed by atoms with E-state index in [1.54, 1.807) is 6.07 Å². The van der Waals surface area contributed by atoms with Crippen LogP contribution < -0.4 is 5.32 Å². The molecule has 2 rings (SSSR count). The summed E-state index contributed by atoms with van der Waals surface area (Å²) < 4.78 is 38.4. The maximum atomic E-state index is 12.8. The first-order valence-electron chi connectivity index (χ1n) is 5.75. The molecule has 0 unspecified atom stereocenters. The molecular weight excluding hydrogens is 291 g/mol. The Balaban J connectivity index is 2.17. The lowest BCUT2D eigenvalue weighted by molar-refractivity contribution is -0.138. The van der Waals surface area contributed by atoms with E-state index in [2.05, 4.69) is 5.32 Å². The number of alkyl halides is 3. The summed E-state index contributed by atoms with van der Waals surface area (Å²) >= 11 is 5.73. The molecule has 0 spiro atoms. The highest BCUT2D eigenvalue weighted by Gasteiger charge is 2.32. The van der Waals surface area contributed by atoms with Crippen LogP contribution in [0.5, 0.6) is 5.75 Å². The van der Waals surface area contributed by atoms with Crippen LogP contribution in [0.1, 0.15) is 11.1 Å². The van der Waals surface area contributed by atoms with Crippen LogP contribution in [-0.2, 0) is 12.7 Å². The van der Waals surface area contributed by atoms with Gasteiger partial charge in [-0.05, 0) is 29.8 Å². The van der Waals surface area contributed by atoms with Gasteiger partial charge in [0.15, 0.2) is 0 Å². The summed E-state index contributed by atoms with van der Waals surface area (Å²) in [5, 5.41) is 12.3. The van der Waals surface area contributed by atoms with Crippen molar-refractivity contribution in [3.63, 3.8) is 0 Å². The van der Waals surface area contributed by atoms with E-state index in [4.69, 9.17) is 11.6 Å². The van der Waals surface area contributed by atoms with Crippen LogP contribution >= 0.6 is 11.6 Å². The topological polar surface area (TPSA) is 32.3 Å². The maximum absolute atomic E-state index is 12.8. The Hall–Kier alpha value is -1.88. The Morgan fingerprint density at radius 1 is 1.10 bits per heavy atom. The monoisotopic (exact) mass is 301 g/mol. The van der Waals surface area contributed by atoms with E-state index in [9.17, 15) is 18.3 Å². The number of halogens is 4. The number of phenols is 1. The van der Waals surface area contributed by atoms with Crippen molar-refractivity contribution >= 4 is 17.3 Å². The van der Waals surface area contributed by atoms with Gasteiger partial charge in [-0.2, -0.15) is 13.2 Å². The lowest BCUT2D eigenvalue weighted by Crippen LogP contribution is -2.11. The van der Waals surface area contributed by atoms with Crippen molar-refractivity contribution in [3.8, 4) is 5.75 Å². The molecule has 0 heterocycles.